The predicted molar refractivity (Wildman–Crippen MR) is 99.9 cm³/mol. The minimum Gasteiger partial charge on any atom is -0.478 e. The number of hydrogen-bond donors (Lipinski definition) is 1. The quantitative estimate of drug-likeness (QED) is 0.416. The molecule has 8 nitrogen and oxygen atoms in total. The van der Waals surface area contributed by atoms with Crippen LogP contribution in [0.1, 0.15) is 5.56 Å². The van der Waals surface area contributed by atoms with Gasteiger partial charge in [-0.2, -0.15) is 12.4 Å². The predicted octanol–water partition coefficient (Wildman–Crippen LogP) is 0.866. The molecule has 0 bridgehead atoms. The van der Waals surface area contributed by atoms with Crippen molar-refractivity contribution in [2.24, 2.45) is 0 Å². The van der Waals surface area contributed by atoms with Crippen LogP contribution >= 0.6 is 0 Å². The molecular formula is C18H25N2O6S+. The lowest BCUT2D eigenvalue weighted by Crippen LogP contribution is -2.49. The summed E-state index contributed by atoms with van der Waals surface area (Å²) in [6, 6.07) is 7.49. The first-order valence-corrected chi connectivity index (χ1v) is 10.0. The zero-order valence-electron chi connectivity index (χ0n) is 15.5. The molecule has 0 radical (unpaired) electrons. The Bertz CT molecular complexity index is 804. The first-order chi connectivity index (χ1) is 12.8. The molecule has 1 aromatic carbocycles. The maximum Gasteiger partial charge on any atom is 0.378 e. The molecule has 1 aliphatic rings. The number of rotatable bonds is 7. The second-order valence-electron chi connectivity index (χ2n) is 6.06. The summed E-state index contributed by atoms with van der Waals surface area (Å²) in [5, 5.41) is 8.46. The van der Waals surface area contributed by atoms with Crippen molar-refractivity contribution < 1.29 is 27.5 Å². The average Bonchev–Trinajstić information content (AvgIpc) is 2.67. The molecule has 2 rings (SSSR count). The third kappa shape index (κ3) is 5.88. The van der Waals surface area contributed by atoms with Gasteiger partial charge in [0.15, 0.2) is 0 Å². The highest BCUT2D eigenvalue weighted by molar-refractivity contribution is 7.89. The second kappa shape index (κ2) is 9.63. The van der Waals surface area contributed by atoms with Crippen molar-refractivity contribution in [3.63, 3.8) is 0 Å². The van der Waals surface area contributed by atoms with E-state index in [1.165, 1.54) is 7.11 Å². The lowest BCUT2D eigenvalue weighted by molar-refractivity contribution is -0.139. The maximum atomic E-state index is 13.3. The van der Waals surface area contributed by atoms with Crippen LogP contribution in [-0.2, 0) is 28.2 Å². The van der Waals surface area contributed by atoms with Gasteiger partial charge >= 0.3 is 22.0 Å². The number of benzene rings is 1. The number of carboxylic acid groups (broad SMARTS) is 1. The van der Waals surface area contributed by atoms with E-state index in [4.69, 9.17) is 13.7 Å². The Morgan fingerprint density at radius 2 is 1.81 bits per heavy atom. The normalized spacial score (nSPS) is 18.1. The summed E-state index contributed by atoms with van der Waals surface area (Å²) in [6.45, 7) is 5.12. The molecule has 0 saturated carbocycles. The highest BCUT2D eigenvalue weighted by atomic mass is 32.2. The van der Waals surface area contributed by atoms with E-state index in [0.29, 0.717) is 37.6 Å². The summed E-state index contributed by atoms with van der Waals surface area (Å²) in [4.78, 5) is 24.4. The lowest BCUT2D eigenvalue weighted by Gasteiger charge is -2.32. The van der Waals surface area contributed by atoms with Crippen LogP contribution in [0.25, 0.3) is 0 Å². The maximum absolute atomic E-state index is 13.3. The summed E-state index contributed by atoms with van der Waals surface area (Å²) >= 11 is 0. The Balaban J connectivity index is 1.85. The van der Waals surface area contributed by atoms with E-state index in [0.717, 1.165) is 17.7 Å². The van der Waals surface area contributed by atoms with E-state index in [1.807, 2.05) is 35.5 Å². The fourth-order valence-corrected chi connectivity index (χ4v) is 4.54. The molecular weight excluding hydrogens is 372 g/mol. The van der Waals surface area contributed by atoms with Crippen LogP contribution in [0, 0.1) is 6.92 Å². The minimum atomic E-state index is -2.74. The summed E-state index contributed by atoms with van der Waals surface area (Å²) in [6.07, 6.45) is 1.63. The van der Waals surface area contributed by atoms with Gasteiger partial charge in [0, 0.05) is 44.9 Å². The second-order valence-corrected chi connectivity index (χ2v) is 8.34. The van der Waals surface area contributed by atoms with Crippen LogP contribution in [-0.4, -0.2) is 76.9 Å². The average molecular weight is 397 g/mol. The van der Waals surface area contributed by atoms with Crippen LogP contribution in [0.4, 0.5) is 0 Å². The van der Waals surface area contributed by atoms with Crippen molar-refractivity contribution >= 4 is 22.0 Å². The number of esters is 1. The molecule has 9 heteroatoms. The topological polar surface area (TPSA) is 98.5 Å². The molecule has 27 heavy (non-hydrogen) atoms. The van der Waals surface area contributed by atoms with Crippen LogP contribution in [0.3, 0.4) is 0 Å². The third-order valence-electron chi connectivity index (χ3n) is 4.23. The standard InChI is InChI=1S/C18H24N2O6S/c1-15-3-5-16(6-4-15)27(24,25-2)20-11-9-19(10-12-20)13-14-26-18(23)8-7-17(21)22/h3-8H,9-14H2,1-2H3/p+1/b8-7-. The fourth-order valence-electron chi connectivity index (χ4n) is 2.72. The molecule has 1 atom stereocenters. The van der Waals surface area contributed by atoms with E-state index in [2.05, 4.69) is 4.90 Å². The van der Waals surface area contributed by atoms with Gasteiger partial charge in [-0.15, -0.1) is 0 Å². The van der Waals surface area contributed by atoms with Gasteiger partial charge in [-0.25, -0.2) is 9.59 Å². The Labute approximate surface area is 159 Å². The van der Waals surface area contributed by atoms with Gasteiger partial charge in [-0.05, 0) is 19.1 Å². The van der Waals surface area contributed by atoms with Crippen molar-refractivity contribution in [1.82, 2.24) is 9.21 Å². The molecule has 1 saturated heterocycles. The SMILES string of the molecule is C[O+]=S(=O)(c1ccc(C)cc1)N1CCN(CCOC(=O)/C=C\C(=O)O)CC1. The van der Waals surface area contributed by atoms with E-state index >= 15 is 0 Å². The number of carbonyl (C=O) groups excluding carboxylic acids is 1. The van der Waals surface area contributed by atoms with Gasteiger partial charge in [0.05, 0.1) is 0 Å². The van der Waals surface area contributed by atoms with Gasteiger partial charge in [0.25, 0.3) is 7.11 Å². The number of ether oxygens (including phenoxy) is 1. The number of piperazine rings is 1. The Kier molecular flexibility index (Phi) is 7.52. The van der Waals surface area contributed by atoms with E-state index in [-0.39, 0.29) is 6.61 Å². The van der Waals surface area contributed by atoms with Crippen molar-refractivity contribution in [3.05, 3.63) is 42.0 Å². The monoisotopic (exact) mass is 397 g/mol. The molecule has 148 valence electrons. The Hall–Kier alpha value is -2.23. The molecule has 1 heterocycles. The molecule has 1 N–H and O–H groups in total. The number of aliphatic carboxylic acids is 1. The first-order valence-electron chi connectivity index (χ1n) is 8.57. The molecule has 1 aromatic rings. The van der Waals surface area contributed by atoms with Crippen molar-refractivity contribution in [3.8, 4) is 0 Å². The van der Waals surface area contributed by atoms with Gasteiger partial charge in [0.1, 0.15) is 11.5 Å². The molecule has 1 unspecified atom stereocenters. The van der Waals surface area contributed by atoms with Gasteiger partial charge < -0.3 is 9.84 Å². The molecule has 0 amide bonds. The van der Waals surface area contributed by atoms with Gasteiger partial charge in [0.2, 0.25) is 0 Å². The first kappa shape index (κ1) is 21.1. The molecule has 0 spiro atoms. The van der Waals surface area contributed by atoms with Crippen LogP contribution in [0.5, 0.6) is 0 Å². The Morgan fingerprint density at radius 1 is 1.19 bits per heavy atom. The molecule has 1 aliphatic heterocycles. The molecule has 1 fully saturated rings. The summed E-state index contributed by atoms with van der Waals surface area (Å²) in [5.74, 6) is -1.88. The summed E-state index contributed by atoms with van der Waals surface area (Å²) < 4.78 is 25.5. The van der Waals surface area contributed by atoms with E-state index in [1.54, 1.807) is 0 Å². The number of carbonyl (C=O) groups is 2. The molecule has 0 aromatic heterocycles. The number of aryl methyl sites for hydroxylation is 1. The highest BCUT2D eigenvalue weighted by Gasteiger charge is 2.34. The lowest BCUT2D eigenvalue weighted by atomic mass is 10.2. The number of nitrogens with zero attached hydrogens (tertiary/aromatic N) is 2. The smallest absolute Gasteiger partial charge is 0.378 e. The Morgan fingerprint density at radius 3 is 2.37 bits per heavy atom. The number of hydrogen-bond acceptors (Lipinski definition) is 5. The van der Waals surface area contributed by atoms with Crippen molar-refractivity contribution in [2.75, 3.05) is 46.4 Å². The fraction of sp³-hybridized carbons (Fsp3) is 0.444. The zero-order chi connectivity index (χ0) is 19.9. The zero-order valence-corrected chi connectivity index (χ0v) is 16.3. The summed E-state index contributed by atoms with van der Waals surface area (Å²) in [5.41, 5.74) is 1.09. The van der Waals surface area contributed by atoms with Crippen molar-refractivity contribution in [2.45, 2.75) is 11.8 Å². The van der Waals surface area contributed by atoms with E-state index < -0.39 is 22.0 Å². The molecule has 0 aliphatic carbocycles. The van der Waals surface area contributed by atoms with Crippen molar-refractivity contribution in [1.29, 1.82) is 0 Å². The summed E-state index contributed by atoms with van der Waals surface area (Å²) in [7, 11) is -1.28. The highest BCUT2D eigenvalue weighted by Crippen LogP contribution is 2.19. The van der Waals surface area contributed by atoms with Gasteiger partial charge in [-0.3, -0.25) is 4.90 Å². The van der Waals surface area contributed by atoms with Crippen LogP contribution in [0.2, 0.25) is 0 Å². The van der Waals surface area contributed by atoms with E-state index in [9.17, 15) is 13.8 Å². The van der Waals surface area contributed by atoms with Gasteiger partial charge in [-0.1, -0.05) is 17.7 Å². The minimum absolute atomic E-state index is 0.167. The number of carboxylic acids is 1. The van der Waals surface area contributed by atoms with Crippen LogP contribution in [0.15, 0.2) is 41.3 Å². The van der Waals surface area contributed by atoms with Crippen LogP contribution < -0.4 is 0 Å². The largest absolute Gasteiger partial charge is 0.478 e. The third-order valence-corrected chi connectivity index (χ3v) is 6.59.